The minimum absolute atomic E-state index is 0.483. The molecule has 1 saturated carbocycles. The molecule has 0 radical (unpaired) electrons. The maximum atomic E-state index is 5.92. The third-order valence-corrected chi connectivity index (χ3v) is 4.96. The highest BCUT2D eigenvalue weighted by molar-refractivity contribution is 6.30. The lowest BCUT2D eigenvalue weighted by atomic mass is 9.73. The van der Waals surface area contributed by atoms with E-state index in [-0.39, 0.29) is 0 Å². The van der Waals surface area contributed by atoms with Gasteiger partial charge >= 0.3 is 0 Å². The van der Waals surface area contributed by atoms with Crippen LogP contribution in [0, 0.1) is 0 Å². The van der Waals surface area contributed by atoms with Crippen LogP contribution in [0.3, 0.4) is 0 Å². The number of likely N-dealkylation sites (N-methyl/N-ethyl adjacent to an activating group) is 1. The molecular formula is C15H21ClN2. The summed E-state index contributed by atoms with van der Waals surface area (Å²) in [5, 5.41) is 4.55. The van der Waals surface area contributed by atoms with E-state index < -0.39 is 0 Å². The van der Waals surface area contributed by atoms with Crippen LogP contribution in [-0.2, 0) is 6.42 Å². The first kappa shape index (κ1) is 12.5. The van der Waals surface area contributed by atoms with Crippen LogP contribution in [0.15, 0.2) is 24.3 Å². The van der Waals surface area contributed by atoms with Crippen molar-refractivity contribution < 1.29 is 0 Å². The third kappa shape index (κ3) is 2.29. The van der Waals surface area contributed by atoms with Crippen LogP contribution >= 0.6 is 11.6 Å². The number of piperazine rings is 1. The molecule has 0 amide bonds. The van der Waals surface area contributed by atoms with Crippen molar-refractivity contribution in [1.82, 2.24) is 10.2 Å². The van der Waals surface area contributed by atoms with E-state index in [0.717, 1.165) is 24.5 Å². The zero-order valence-corrected chi connectivity index (χ0v) is 11.7. The maximum absolute atomic E-state index is 5.92. The van der Waals surface area contributed by atoms with Crippen molar-refractivity contribution in [1.29, 1.82) is 0 Å². The van der Waals surface area contributed by atoms with Gasteiger partial charge in [-0.05, 0) is 50.4 Å². The molecule has 1 aromatic rings. The zero-order valence-electron chi connectivity index (χ0n) is 11.0. The summed E-state index contributed by atoms with van der Waals surface area (Å²) in [4.78, 5) is 2.58. The molecule has 1 atom stereocenters. The fraction of sp³-hybridized carbons (Fsp3) is 0.600. The fourth-order valence-electron chi connectivity index (χ4n) is 3.24. The van der Waals surface area contributed by atoms with E-state index in [1.54, 1.807) is 0 Å². The highest BCUT2D eigenvalue weighted by Gasteiger charge is 2.43. The summed E-state index contributed by atoms with van der Waals surface area (Å²) in [6.07, 6.45) is 5.22. The quantitative estimate of drug-likeness (QED) is 0.884. The van der Waals surface area contributed by atoms with Gasteiger partial charge in [-0.1, -0.05) is 23.7 Å². The van der Waals surface area contributed by atoms with Gasteiger partial charge in [-0.15, -0.1) is 0 Å². The van der Waals surface area contributed by atoms with Gasteiger partial charge in [0.15, 0.2) is 0 Å². The lowest BCUT2D eigenvalue weighted by molar-refractivity contribution is 0.000720. The molecule has 1 N–H and O–H groups in total. The molecule has 0 bridgehead atoms. The molecule has 1 aromatic carbocycles. The average molecular weight is 265 g/mol. The lowest BCUT2D eigenvalue weighted by Gasteiger charge is -2.54. The first-order valence-electron chi connectivity index (χ1n) is 6.87. The number of benzene rings is 1. The maximum Gasteiger partial charge on any atom is 0.0406 e. The molecule has 3 heteroatoms. The van der Waals surface area contributed by atoms with Crippen molar-refractivity contribution in [3.63, 3.8) is 0 Å². The Balaban J connectivity index is 1.60. The lowest BCUT2D eigenvalue weighted by Crippen LogP contribution is -2.66. The van der Waals surface area contributed by atoms with Crippen molar-refractivity contribution >= 4 is 11.6 Å². The largest absolute Gasteiger partial charge is 0.311 e. The molecule has 1 unspecified atom stereocenters. The minimum Gasteiger partial charge on any atom is -0.311 e. The molecule has 3 rings (SSSR count). The molecule has 1 saturated heterocycles. The van der Waals surface area contributed by atoms with Crippen LogP contribution in [0.2, 0.25) is 5.02 Å². The SMILES string of the molecule is CN1CC(Cc2ccc(Cl)cc2)NCC12CCC2. The van der Waals surface area contributed by atoms with Gasteiger partial charge in [0.2, 0.25) is 0 Å². The van der Waals surface area contributed by atoms with E-state index in [1.165, 1.54) is 24.8 Å². The number of hydrogen-bond donors (Lipinski definition) is 1. The second-order valence-corrected chi connectivity index (χ2v) is 6.30. The van der Waals surface area contributed by atoms with E-state index in [2.05, 4.69) is 29.4 Å². The molecule has 0 aromatic heterocycles. The van der Waals surface area contributed by atoms with E-state index in [4.69, 9.17) is 11.6 Å². The van der Waals surface area contributed by atoms with Gasteiger partial charge < -0.3 is 5.32 Å². The Hall–Kier alpha value is -0.570. The van der Waals surface area contributed by atoms with Gasteiger partial charge in [-0.25, -0.2) is 0 Å². The number of halogens is 1. The van der Waals surface area contributed by atoms with Gasteiger partial charge in [-0.3, -0.25) is 4.90 Å². The predicted molar refractivity (Wildman–Crippen MR) is 76.2 cm³/mol. The molecular weight excluding hydrogens is 244 g/mol. The molecule has 2 fully saturated rings. The summed E-state index contributed by atoms with van der Waals surface area (Å²) in [5.41, 5.74) is 1.85. The third-order valence-electron chi connectivity index (χ3n) is 4.70. The van der Waals surface area contributed by atoms with Crippen molar-refractivity contribution in [3.8, 4) is 0 Å². The fourth-order valence-corrected chi connectivity index (χ4v) is 3.37. The summed E-state index contributed by atoms with van der Waals surface area (Å²) in [5.74, 6) is 0. The number of nitrogens with zero attached hydrogens (tertiary/aromatic N) is 1. The van der Waals surface area contributed by atoms with E-state index in [1.807, 2.05) is 12.1 Å². The number of nitrogens with one attached hydrogen (secondary N) is 1. The second kappa shape index (κ2) is 4.84. The topological polar surface area (TPSA) is 15.3 Å². The summed E-state index contributed by atoms with van der Waals surface area (Å²) in [6.45, 7) is 2.31. The van der Waals surface area contributed by atoms with Crippen molar-refractivity contribution in [2.45, 2.75) is 37.3 Å². The molecule has 2 nitrogen and oxygen atoms in total. The van der Waals surface area contributed by atoms with E-state index in [0.29, 0.717) is 11.6 Å². The van der Waals surface area contributed by atoms with Gasteiger partial charge in [0.25, 0.3) is 0 Å². The van der Waals surface area contributed by atoms with Crippen molar-refractivity contribution in [3.05, 3.63) is 34.9 Å². The molecule has 18 heavy (non-hydrogen) atoms. The Kier molecular flexibility index (Phi) is 3.35. The van der Waals surface area contributed by atoms with Gasteiger partial charge in [0, 0.05) is 29.7 Å². The summed E-state index contributed by atoms with van der Waals surface area (Å²) in [6, 6.07) is 8.81. The standard InChI is InChI=1S/C15H21ClN2/c1-18-10-14(17-11-15(18)7-2-8-15)9-12-3-5-13(16)6-4-12/h3-6,14,17H,2,7-11H2,1H3. The Morgan fingerprint density at radius 2 is 2.06 bits per heavy atom. The molecule has 1 spiro atoms. The molecule has 1 aliphatic heterocycles. The summed E-state index contributed by atoms with van der Waals surface area (Å²) >= 11 is 5.92. The Morgan fingerprint density at radius 3 is 2.61 bits per heavy atom. The van der Waals surface area contributed by atoms with Crippen LogP contribution in [0.1, 0.15) is 24.8 Å². The van der Waals surface area contributed by atoms with Crippen LogP contribution in [-0.4, -0.2) is 36.6 Å². The zero-order chi connectivity index (χ0) is 12.6. The minimum atomic E-state index is 0.483. The Labute approximate surface area is 114 Å². The molecule has 98 valence electrons. The Bertz CT molecular complexity index is 411. The number of rotatable bonds is 2. The van der Waals surface area contributed by atoms with Crippen molar-refractivity contribution in [2.24, 2.45) is 0 Å². The van der Waals surface area contributed by atoms with Crippen LogP contribution < -0.4 is 5.32 Å². The van der Waals surface area contributed by atoms with Crippen LogP contribution in [0.4, 0.5) is 0 Å². The molecule has 1 heterocycles. The smallest absolute Gasteiger partial charge is 0.0406 e. The number of hydrogen-bond acceptors (Lipinski definition) is 2. The highest BCUT2D eigenvalue weighted by atomic mass is 35.5. The van der Waals surface area contributed by atoms with Gasteiger partial charge in [0.1, 0.15) is 0 Å². The average Bonchev–Trinajstić information content (AvgIpc) is 2.30. The van der Waals surface area contributed by atoms with Gasteiger partial charge in [-0.2, -0.15) is 0 Å². The first-order valence-corrected chi connectivity index (χ1v) is 7.25. The summed E-state index contributed by atoms with van der Waals surface area (Å²) in [7, 11) is 2.29. The monoisotopic (exact) mass is 264 g/mol. The van der Waals surface area contributed by atoms with E-state index in [9.17, 15) is 0 Å². The Morgan fingerprint density at radius 1 is 1.33 bits per heavy atom. The molecule has 1 aliphatic carbocycles. The first-order chi connectivity index (χ1) is 8.68. The molecule has 2 aliphatic rings. The predicted octanol–water partition coefficient (Wildman–Crippen LogP) is 2.71. The highest BCUT2D eigenvalue weighted by Crippen LogP contribution is 2.38. The second-order valence-electron chi connectivity index (χ2n) is 5.87. The van der Waals surface area contributed by atoms with Crippen LogP contribution in [0.25, 0.3) is 0 Å². The normalized spacial score (nSPS) is 27.1. The van der Waals surface area contributed by atoms with E-state index >= 15 is 0 Å². The summed E-state index contributed by atoms with van der Waals surface area (Å²) < 4.78 is 0. The van der Waals surface area contributed by atoms with Crippen molar-refractivity contribution in [2.75, 3.05) is 20.1 Å². The van der Waals surface area contributed by atoms with Crippen LogP contribution in [0.5, 0.6) is 0 Å². The van der Waals surface area contributed by atoms with Gasteiger partial charge in [0.05, 0.1) is 0 Å².